The molecule has 11 unspecified atom stereocenters. The van der Waals surface area contributed by atoms with Crippen molar-refractivity contribution in [2.45, 2.75) is 129 Å². The summed E-state index contributed by atoms with van der Waals surface area (Å²) < 4.78 is 0. The van der Waals surface area contributed by atoms with Crippen molar-refractivity contribution in [3.05, 3.63) is 10.4 Å². The molecule has 4 fully saturated rings. The third-order valence-corrected chi connectivity index (χ3v) is 12.6. The van der Waals surface area contributed by atoms with Crippen molar-refractivity contribution in [2.24, 2.45) is 61.7 Å². The zero-order valence-corrected chi connectivity index (χ0v) is 25.8. The van der Waals surface area contributed by atoms with Crippen LogP contribution in [-0.2, 0) is 9.59 Å². The van der Waals surface area contributed by atoms with Gasteiger partial charge in [0, 0.05) is 11.3 Å². The summed E-state index contributed by atoms with van der Waals surface area (Å²) in [5.41, 5.74) is 8.41. The van der Waals surface area contributed by atoms with Gasteiger partial charge in [-0.15, -0.1) is 0 Å². The van der Waals surface area contributed by atoms with Crippen molar-refractivity contribution in [3.63, 3.8) is 0 Å². The number of carbonyl (C=O) groups excluding carboxylic acids is 2. The van der Waals surface area contributed by atoms with E-state index in [-0.39, 0.29) is 41.5 Å². The van der Waals surface area contributed by atoms with Gasteiger partial charge in [0.05, 0.1) is 18.9 Å². The van der Waals surface area contributed by atoms with Crippen molar-refractivity contribution in [1.82, 2.24) is 10.6 Å². The predicted molar refractivity (Wildman–Crippen MR) is 158 cm³/mol. The molecule has 0 aromatic heterocycles. The third-order valence-electron chi connectivity index (χ3n) is 12.6. The molecule has 0 bridgehead atoms. The molecule has 0 radical (unpaired) electrons. The van der Waals surface area contributed by atoms with Gasteiger partial charge >= 0.3 is 0 Å². The summed E-state index contributed by atoms with van der Waals surface area (Å²) >= 11 is 0. The van der Waals surface area contributed by atoms with Gasteiger partial charge in [-0.05, 0) is 129 Å². The summed E-state index contributed by atoms with van der Waals surface area (Å²) in [7, 11) is 0. The van der Waals surface area contributed by atoms with Crippen LogP contribution >= 0.6 is 0 Å². The highest BCUT2D eigenvalue weighted by Crippen LogP contribution is 2.68. The number of hydrogen-bond acceptors (Lipinski definition) is 7. The number of nitrogens with zero attached hydrogens (tertiary/aromatic N) is 5. The number of aliphatic hydroxyl groups excluding tert-OH is 2. The predicted octanol–water partition coefficient (Wildman–Crippen LogP) is 5.22. The Kier molecular flexibility index (Phi) is 8.95. The van der Waals surface area contributed by atoms with Crippen LogP contribution in [0.15, 0.2) is 15.3 Å². The standard InChI is InChI=1S/C31H51N7O4/c1-18(5-8-26(41)35-24(11-14-31(4)36-37-31)28(42)33-17-34-38-32)21-6-7-22-27-23(10-13-30(21,22)3)29(2)12-9-20(39)15-19(29)16-25(27)40/h18-25,27,39-40H,5-17H2,1-4H3,(H,33,42)(H,35,41). The van der Waals surface area contributed by atoms with Crippen LogP contribution in [-0.4, -0.2) is 52.6 Å². The lowest BCUT2D eigenvalue weighted by Gasteiger charge is -2.62. The molecule has 0 spiro atoms. The van der Waals surface area contributed by atoms with E-state index in [9.17, 15) is 19.8 Å². The maximum Gasteiger partial charge on any atom is 0.242 e. The molecule has 2 amide bonds. The lowest BCUT2D eigenvalue weighted by Crippen LogP contribution is -2.58. The van der Waals surface area contributed by atoms with Crippen LogP contribution in [0, 0.1) is 46.3 Å². The van der Waals surface area contributed by atoms with E-state index in [1.807, 2.05) is 6.92 Å². The maximum atomic E-state index is 13.1. The molecule has 5 rings (SSSR count). The Balaban J connectivity index is 1.18. The molecule has 4 saturated carbocycles. The number of fused-ring (bicyclic) bond motifs is 5. The lowest BCUT2D eigenvalue weighted by molar-refractivity contribution is -0.174. The number of azide groups is 1. The van der Waals surface area contributed by atoms with Gasteiger partial charge in [0.1, 0.15) is 6.04 Å². The largest absolute Gasteiger partial charge is 0.393 e. The van der Waals surface area contributed by atoms with Gasteiger partial charge in [0.15, 0.2) is 5.66 Å². The van der Waals surface area contributed by atoms with Crippen LogP contribution in [0.4, 0.5) is 0 Å². The van der Waals surface area contributed by atoms with Gasteiger partial charge in [-0.1, -0.05) is 25.9 Å². The van der Waals surface area contributed by atoms with Crippen LogP contribution in [0.3, 0.4) is 0 Å². The van der Waals surface area contributed by atoms with Gasteiger partial charge < -0.3 is 20.8 Å². The Morgan fingerprint density at radius 1 is 1.02 bits per heavy atom. The van der Waals surface area contributed by atoms with Crippen molar-refractivity contribution < 1.29 is 19.8 Å². The first-order valence-electron chi connectivity index (χ1n) is 16.3. The lowest BCUT2D eigenvalue weighted by atomic mass is 9.43. The minimum atomic E-state index is -0.730. The molecule has 234 valence electrons. The van der Waals surface area contributed by atoms with E-state index in [0.717, 1.165) is 51.4 Å². The number of nitrogens with one attached hydrogen (secondary N) is 2. The molecular formula is C31H51N7O4. The zero-order valence-electron chi connectivity index (χ0n) is 25.8. The zero-order chi connectivity index (χ0) is 30.3. The van der Waals surface area contributed by atoms with Gasteiger partial charge in [0.25, 0.3) is 0 Å². The highest BCUT2D eigenvalue weighted by Gasteiger charge is 2.62. The normalized spacial score (nSPS) is 40.9. The van der Waals surface area contributed by atoms with E-state index >= 15 is 0 Å². The number of carbonyl (C=O) groups is 2. The summed E-state index contributed by atoms with van der Waals surface area (Å²) in [5.74, 6) is 2.11. The molecular weight excluding hydrogens is 534 g/mol. The average molecular weight is 586 g/mol. The molecule has 0 aromatic carbocycles. The second kappa shape index (κ2) is 12.0. The fraction of sp³-hybridized carbons (Fsp3) is 0.935. The van der Waals surface area contributed by atoms with Gasteiger partial charge in [-0.25, -0.2) is 0 Å². The molecule has 11 nitrogen and oxygen atoms in total. The average Bonchev–Trinajstić information content (AvgIpc) is 3.58. The summed E-state index contributed by atoms with van der Waals surface area (Å²) in [4.78, 5) is 28.4. The van der Waals surface area contributed by atoms with Crippen LogP contribution in [0.5, 0.6) is 0 Å². The molecule has 11 heteroatoms. The van der Waals surface area contributed by atoms with Crippen molar-refractivity contribution in [3.8, 4) is 0 Å². The molecule has 11 atom stereocenters. The fourth-order valence-electron chi connectivity index (χ4n) is 10.1. The number of aliphatic hydroxyl groups is 2. The van der Waals surface area contributed by atoms with Crippen molar-refractivity contribution >= 4 is 11.8 Å². The van der Waals surface area contributed by atoms with Crippen molar-refractivity contribution in [2.75, 3.05) is 6.67 Å². The van der Waals surface area contributed by atoms with Crippen LogP contribution in [0.1, 0.15) is 105 Å². The van der Waals surface area contributed by atoms with Crippen molar-refractivity contribution in [1.29, 1.82) is 0 Å². The topological polar surface area (TPSA) is 172 Å². The molecule has 0 saturated heterocycles. The Labute approximate surface area is 249 Å². The minimum Gasteiger partial charge on any atom is -0.393 e. The van der Waals surface area contributed by atoms with E-state index in [0.29, 0.717) is 54.8 Å². The smallest absolute Gasteiger partial charge is 0.242 e. The summed E-state index contributed by atoms with van der Waals surface area (Å²) in [6.45, 7) is 8.90. The molecule has 4 N–H and O–H groups in total. The van der Waals surface area contributed by atoms with Crippen LogP contribution in [0.2, 0.25) is 0 Å². The second-order valence-corrected chi connectivity index (χ2v) is 15.0. The summed E-state index contributed by atoms with van der Waals surface area (Å²) in [6, 6.07) is -0.730. The SMILES string of the molecule is CC(CCC(=O)NC(CCC1(C)N=N1)C(=O)NCN=[N+]=[N-])C1CCC2C3C(O)CC4CC(O)CCC4(C)C3CCC12C. The van der Waals surface area contributed by atoms with E-state index in [2.05, 4.69) is 51.7 Å². The first kappa shape index (κ1) is 31.2. The molecule has 5 aliphatic rings. The quantitative estimate of drug-likeness (QED) is 0.148. The maximum absolute atomic E-state index is 13.1. The van der Waals surface area contributed by atoms with E-state index in [1.54, 1.807) is 0 Å². The van der Waals surface area contributed by atoms with E-state index < -0.39 is 11.7 Å². The molecule has 1 heterocycles. The highest BCUT2D eigenvalue weighted by molar-refractivity contribution is 5.87. The third kappa shape index (κ3) is 6.06. The van der Waals surface area contributed by atoms with Gasteiger partial charge in [-0.3, -0.25) is 9.59 Å². The first-order chi connectivity index (χ1) is 19.9. The monoisotopic (exact) mass is 585 g/mol. The second-order valence-electron chi connectivity index (χ2n) is 15.0. The van der Waals surface area contributed by atoms with Crippen LogP contribution in [0.25, 0.3) is 10.4 Å². The van der Waals surface area contributed by atoms with E-state index in [1.165, 1.54) is 6.42 Å². The fourth-order valence-corrected chi connectivity index (χ4v) is 10.1. The number of hydrogen-bond donors (Lipinski definition) is 4. The molecule has 1 aliphatic heterocycles. The Bertz CT molecular complexity index is 1100. The summed E-state index contributed by atoms with van der Waals surface area (Å²) in [5, 5.41) is 38.7. The van der Waals surface area contributed by atoms with Gasteiger partial charge in [-0.2, -0.15) is 10.2 Å². The van der Waals surface area contributed by atoms with Gasteiger partial charge in [0.2, 0.25) is 11.8 Å². The van der Waals surface area contributed by atoms with Crippen LogP contribution < -0.4 is 10.6 Å². The first-order valence-corrected chi connectivity index (χ1v) is 16.3. The number of rotatable bonds is 11. The summed E-state index contributed by atoms with van der Waals surface area (Å²) in [6.07, 6.45) is 9.74. The Morgan fingerprint density at radius 3 is 2.45 bits per heavy atom. The Morgan fingerprint density at radius 2 is 1.74 bits per heavy atom. The highest BCUT2D eigenvalue weighted by atomic mass is 16.3. The molecule has 42 heavy (non-hydrogen) atoms. The minimum absolute atomic E-state index is 0.148. The molecule has 0 aromatic rings. The van der Waals surface area contributed by atoms with E-state index in [4.69, 9.17) is 5.53 Å². The number of amides is 2. The molecule has 4 aliphatic carbocycles. The Hall–Kier alpha value is -2.23.